The van der Waals surface area contributed by atoms with Crippen molar-refractivity contribution in [1.29, 1.82) is 0 Å². The molecule has 0 bridgehead atoms. The molecule has 0 saturated heterocycles. The van der Waals surface area contributed by atoms with Gasteiger partial charge in [-0.3, -0.25) is 4.79 Å². The number of alkyl halides is 3. The van der Waals surface area contributed by atoms with Gasteiger partial charge in [-0.1, -0.05) is 83.3 Å². The molecule has 0 radical (unpaired) electrons. The number of ether oxygens (including phenoxy) is 1. The van der Waals surface area contributed by atoms with Gasteiger partial charge in [0.15, 0.2) is 0 Å². The number of hydrogen-bond donors (Lipinski definition) is 0. The zero-order valence-electron chi connectivity index (χ0n) is 22.7. The number of nitrogens with zero attached hydrogens (tertiary/aromatic N) is 2. The number of rotatable bonds is 19. The molecule has 1 heterocycles. The molecule has 37 heavy (non-hydrogen) atoms. The van der Waals surface area contributed by atoms with Crippen LogP contribution in [0.5, 0.6) is 0 Å². The van der Waals surface area contributed by atoms with Crippen LogP contribution in [0.15, 0.2) is 42.6 Å². The summed E-state index contributed by atoms with van der Waals surface area (Å²) in [4.78, 5) is 14.8. The van der Waals surface area contributed by atoms with Gasteiger partial charge >= 0.3 is 6.18 Å². The van der Waals surface area contributed by atoms with E-state index in [4.69, 9.17) is 4.74 Å². The first-order chi connectivity index (χ1) is 17.8. The second kappa shape index (κ2) is 17.3. The van der Waals surface area contributed by atoms with E-state index in [0.717, 1.165) is 24.6 Å². The summed E-state index contributed by atoms with van der Waals surface area (Å²) >= 11 is 0. The van der Waals surface area contributed by atoms with Gasteiger partial charge in [-0.25, -0.2) is 0 Å². The van der Waals surface area contributed by atoms with E-state index in [9.17, 15) is 18.0 Å². The van der Waals surface area contributed by atoms with E-state index in [1.807, 2.05) is 22.9 Å². The van der Waals surface area contributed by atoms with Gasteiger partial charge in [0.1, 0.15) is 0 Å². The lowest BCUT2D eigenvalue weighted by atomic mass is 10.1. The lowest BCUT2D eigenvalue weighted by Gasteiger charge is -2.23. The van der Waals surface area contributed by atoms with Gasteiger partial charge in [0, 0.05) is 38.5 Å². The van der Waals surface area contributed by atoms with Crippen LogP contribution in [0.25, 0.3) is 0 Å². The minimum absolute atomic E-state index is 0.0970. The average Bonchev–Trinajstić information content (AvgIpc) is 3.30. The quantitative estimate of drug-likeness (QED) is 0.174. The van der Waals surface area contributed by atoms with E-state index in [1.54, 1.807) is 18.1 Å². The van der Waals surface area contributed by atoms with Crippen molar-refractivity contribution in [2.75, 3.05) is 20.3 Å². The Balaban J connectivity index is 1.81. The van der Waals surface area contributed by atoms with Crippen molar-refractivity contribution in [2.24, 2.45) is 0 Å². The molecule has 208 valence electrons. The SMILES string of the molecule is CCCCCCCCCCCCCC(=O)N(CCOC)Cc1cccn1Cc1cccc(C(F)(F)F)c1. The Bertz CT molecular complexity index is 895. The third-order valence-electron chi connectivity index (χ3n) is 6.80. The molecule has 0 aliphatic heterocycles. The van der Waals surface area contributed by atoms with Crippen molar-refractivity contribution in [3.63, 3.8) is 0 Å². The molecule has 0 spiro atoms. The Morgan fingerprint density at radius 3 is 2.19 bits per heavy atom. The highest BCUT2D eigenvalue weighted by molar-refractivity contribution is 5.76. The Morgan fingerprint density at radius 1 is 0.919 bits per heavy atom. The Labute approximate surface area is 221 Å². The molecule has 1 aromatic heterocycles. The highest BCUT2D eigenvalue weighted by Crippen LogP contribution is 2.29. The molecule has 0 aliphatic carbocycles. The van der Waals surface area contributed by atoms with Crippen LogP contribution >= 0.6 is 0 Å². The smallest absolute Gasteiger partial charge is 0.383 e. The minimum Gasteiger partial charge on any atom is -0.383 e. The van der Waals surface area contributed by atoms with E-state index in [2.05, 4.69) is 6.92 Å². The molecular formula is C30H45F3N2O2. The van der Waals surface area contributed by atoms with Gasteiger partial charge < -0.3 is 14.2 Å². The zero-order chi connectivity index (χ0) is 26.9. The van der Waals surface area contributed by atoms with Gasteiger partial charge in [-0.15, -0.1) is 0 Å². The first-order valence-corrected chi connectivity index (χ1v) is 13.9. The molecule has 1 amide bonds. The second-order valence-electron chi connectivity index (χ2n) is 9.92. The largest absolute Gasteiger partial charge is 0.416 e. The van der Waals surface area contributed by atoms with Crippen molar-refractivity contribution >= 4 is 5.91 Å². The number of benzene rings is 1. The number of carbonyl (C=O) groups is 1. The van der Waals surface area contributed by atoms with E-state index >= 15 is 0 Å². The molecule has 7 heteroatoms. The Morgan fingerprint density at radius 2 is 1.57 bits per heavy atom. The van der Waals surface area contributed by atoms with Crippen LogP contribution in [-0.4, -0.2) is 35.6 Å². The molecule has 2 aromatic rings. The van der Waals surface area contributed by atoms with Crippen molar-refractivity contribution in [1.82, 2.24) is 9.47 Å². The summed E-state index contributed by atoms with van der Waals surface area (Å²) in [6.07, 6.45) is 11.6. The summed E-state index contributed by atoms with van der Waals surface area (Å²) in [5, 5.41) is 0. The normalized spacial score (nSPS) is 11.7. The molecule has 0 unspecified atom stereocenters. The first kappa shape index (κ1) is 30.9. The van der Waals surface area contributed by atoms with E-state index in [-0.39, 0.29) is 5.91 Å². The van der Waals surface area contributed by atoms with Crippen LogP contribution in [-0.2, 0) is 28.8 Å². The maximum absolute atomic E-state index is 13.1. The van der Waals surface area contributed by atoms with Crippen molar-refractivity contribution in [3.8, 4) is 0 Å². The third kappa shape index (κ3) is 12.2. The van der Waals surface area contributed by atoms with Crippen molar-refractivity contribution < 1.29 is 22.7 Å². The number of hydrogen-bond acceptors (Lipinski definition) is 2. The number of halogens is 3. The lowest BCUT2D eigenvalue weighted by molar-refractivity contribution is -0.137. The fraction of sp³-hybridized carbons (Fsp3) is 0.633. The topological polar surface area (TPSA) is 34.5 Å². The van der Waals surface area contributed by atoms with Crippen molar-refractivity contribution in [2.45, 2.75) is 103 Å². The molecule has 0 saturated carbocycles. The van der Waals surface area contributed by atoms with Crippen LogP contribution in [0.4, 0.5) is 13.2 Å². The van der Waals surface area contributed by atoms with Crippen molar-refractivity contribution in [3.05, 3.63) is 59.4 Å². The van der Waals surface area contributed by atoms with Gasteiger partial charge in [0.2, 0.25) is 5.91 Å². The minimum atomic E-state index is -4.37. The van der Waals surface area contributed by atoms with Crippen LogP contribution < -0.4 is 0 Å². The number of amides is 1. The number of unbranched alkanes of at least 4 members (excludes halogenated alkanes) is 10. The molecule has 0 aliphatic rings. The maximum Gasteiger partial charge on any atom is 0.416 e. The standard InChI is InChI=1S/C30H45F3N2O2/c1-3-4-5-6-7-8-9-10-11-12-13-19-29(36)35(21-22-37-2)25-28-18-15-20-34(28)24-26-16-14-17-27(23-26)30(31,32)33/h14-18,20,23H,3-13,19,21-22,24-25H2,1-2H3. The van der Waals surface area contributed by atoms with E-state index in [1.165, 1.54) is 69.9 Å². The zero-order valence-corrected chi connectivity index (χ0v) is 22.7. The van der Waals surface area contributed by atoms with Crippen LogP contribution in [0.1, 0.15) is 101 Å². The van der Waals surface area contributed by atoms with Crippen LogP contribution in [0.2, 0.25) is 0 Å². The molecule has 4 nitrogen and oxygen atoms in total. The van der Waals surface area contributed by atoms with Crippen LogP contribution in [0, 0.1) is 0 Å². The predicted molar refractivity (Wildman–Crippen MR) is 143 cm³/mol. The monoisotopic (exact) mass is 522 g/mol. The molecule has 1 aromatic carbocycles. The maximum atomic E-state index is 13.1. The van der Waals surface area contributed by atoms with Gasteiger partial charge in [-0.2, -0.15) is 13.2 Å². The Kier molecular flexibility index (Phi) is 14.4. The summed E-state index contributed by atoms with van der Waals surface area (Å²) in [5.74, 6) is 0.0970. The third-order valence-corrected chi connectivity index (χ3v) is 6.80. The summed E-state index contributed by atoms with van der Waals surface area (Å²) < 4.78 is 46.4. The fourth-order valence-corrected chi connectivity index (χ4v) is 4.58. The van der Waals surface area contributed by atoms with Gasteiger partial charge in [-0.05, 0) is 36.2 Å². The number of carbonyl (C=O) groups excluding carboxylic acids is 1. The molecule has 2 rings (SSSR count). The van der Waals surface area contributed by atoms with E-state index < -0.39 is 11.7 Å². The van der Waals surface area contributed by atoms with Gasteiger partial charge in [0.05, 0.1) is 18.7 Å². The number of methoxy groups -OCH3 is 1. The molecule has 0 atom stereocenters. The summed E-state index contributed by atoms with van der Waals surface area (Å²) in [6.45, 7) is 3.90. The molecule has 0 N–H and O–H groups in total. The first-order valence-electron chi connectivity index (χ1n) is 13.9. The summed E-state index contributed by atoms with van der Waals surface area (Å²) in [7, 11) is 1.61. The number of aromatic nitrogens is 1. The average molecular weight is 523 g/mol. The van der Waals surface area contributed by atoms with Crippen LogP contribution in [0.3, 0.4) is 0 Å². The molecule has 0 fully saturated rings. The summed E-state index contributed by atoms with van der Waals surface area (Å²) in [6, 6.07) is 9.18. The van der Waals surface area contributed by atoms with E-state index in [0.29, 0.717) is 38.2 Å². The predicted octanol–water partition coefficient (Wildman–Crippen LogP) is 8.23. The summed E-state index contributed by atoms with van der Waals surface area (Å²) in [5.41, 5.74) is 0.811. The highest BCUT2D eigenvalue weighted by Gasteiger charge is 2.30. The molecular weight excluding hydrogens is 477 g/mol. The fourth-order valence-electron chi connectivity index (χ4n) is 4.58. The highest BCUT2D eigenvalue weighted by atomic mass is 19.4. The van der Waals surface area contributed by atoms with Gasteiger partial charge in [0.25, 0.3) is 0 Å². The second-order valence-corrected chi connectivity index (χ2v) is 9.92. The Hall–Kier alpha value is -2.28. The lowest BCUT2D eigenvalue weighted by Crippen LogP contribution is -2.34.